The first-order valence-electron chi connectivity index (χ1n) is 6.15. The largest absolute Gasteiger partial charge is 0.477 e. The van der Waals surface area contributed by atoms with Crippen LogP contribution in [-0.4, -0.2) is 26.0 Å². The van der Waals surface area contributed by atoms with Gasteiger partial charge in [-0.3, -0.25) is 0 Å². The maximum Gasteiger partial charge on any atom is 0.345 e. The minimum atomic E-state index is -3.59. The Bertz CT molecular complexity index is 570. The first-order chi connectivity index (χ1) is 8.82. The van der Waals surface area contributed by atoms with Gasteiger partial charge in [-0.25, -0.2) is 17.9 Å². The van der Waals surface area contributed by atoms with Crippen molar-refractivity contribution in [3.8, 4) is 0 Å². The molecule has 1 aliphatic rings. The zero-order valence-corrected chi connectivity index (χ0v) is 12.3. The van der Waals surface area contributed by atoms with Crippen molar-refractivity contribution in [2.75, 3.05) is 6.54 Å². The first kappa shape index (κ1) is 14.5. The van der Waals surface area contributed by atoms with Crippen molar-refractivity contribution < 1.29 is 18.3 Å². The fraction of sp³-hybridized carbons (Fsp3) is 0.583. The minimum absolute atomic E-state index is 0.0277. The summed E-state index contributed by atoms with van der Waals surface area (Å²) in [4.78, 5) is 10.8. The summed E-state index contributed by atoms with van der Waals surface area (Å²) in [6, 6.07) is 2.66. The van der Waals surface area contributed by atoms with E-state index in [-0.39, 0.29) is 14.5 Å². The lowest BCUT2D eigenvalue weighted by Crippen LogP contribution is -2.33. The van der Waals surface area contributed by atoms with Gasteiger partial charge in [-0.05, 0) is 30.4 Å². The minimum Gasteiger partial charge on any atom is -0.477 e. The van der Waals surface area contributed by atoms with Crippen LogP contribution in [0.3, 0.4) is 0 Å². The predicted molar refractivity (Wildman–Crippen MR) is 73.0 cm³/mol. The second-order valence-corrected chi connectivity index (χ2v) is 8.34. The molecule has 7 heteroatoms. The SMILES string of the molecule is CC1(CNS(=O)(=O)c2ccc(C(=O)O)s2)CCCC1. The lowest BCUT2D eigenvalue weighted by atomic mass is 9.89. The number of nitrogens with one attached hydrogen (secondary N) is 1. The number of carbonyl (C=O) groups is 1. The molecule has 19 heavy (non-hydrogen) atoms. The zero-order valence-electron chi connectivity index (χ0n) is 10.7. The summed E-state index contributed by atoms with van der Waals surface area (Å²) in [5.74, 6) is -1.10. The van der Waals surface area contributed by atoms with Gasteiger partial charge in [0, 0.05) is 6.54 Å². The second kappa shape index (κ2) is 5.22. The van der Waals surface area contributed by atoms with Gasteiger partial charge in [-0.1, -0.05) is 19.8 Å². The lowest BCUT2D eigenvalue weighted by Gasteiger charge is -2.23. The third-order valence-corrected chi connectivity index (χ3v) is 6.52. The van der Waals surface area contributed by atoms with Crippen LogP contribution >= 0.6 is 11.3 Å². The maximum atomic E-state index is 12.1. The van der Waals surface area contributed by atoms with Crippen molar-refractivity contribution >= 4 is 27.3 Å². The molecule has 1 aromatic rings. The highest BCUT2D eigenvalue weighted by atomic mass is 32.2. The molecule has 2 rings (SSSR count). The Balaban J connectivity index is 2.07. The number of hydrogen-bond donors (Lipinski definition) is 2. The van der Waals surface area contributed by atoms with Gasteiger partial charge < -0.3 is 5.11 Å². The summed E-state index contributed by atoms with van der Waals surface area (Å²) in [5, 5.41) is 8.80. The monoisotopic (exact) mass is 303 g/mol. The molecule has 1 aromatic heterocycles. The fourth-order valence-corrected chi connectivity index (χ4v) is 4.71. The van der Waals surface area contributed by atoms with Crippen LogP contribution in [0.5, 0.6) is 0 Å². The molecule has 0 aromatic carbocycles. The van der Waals surface area contributed by atoms with Crippen molar-refractivity contribution in [3.05, 3.63) is 17.0 Å². The van der Waals surface area contributed by atoms with Gasteiger partial charge in [0.1, 0.15) is 9.09 Å². The molecule has 0 unspecified atom stereocenters. The zero-order chi connectivity index (χ0) is 14.1. The molecule has 5 nitrogen and oxygen atoms in total. The summed E-state index contributed by atoms with van der Waals surface area (Å²) in [6.45, 7) is 2.50. The van der Waals surface area contributed by atoms with Crippen LogP contribution in [0.15, 0.2) is 16.3 Å². The summed E-state index contributed by atoms with van der Waals surface area (Å²) in [5.41, 5.74) is 0.0277. The number of carboxylic acid groups (broad SMARTS) is 1. The molecule has 2 N–H and O–H groups in total. The summed E-state index contributed by atoms with van der Waals surface area (Å²) >= 11 is 0.779. The Hall–Kier alpha value is -0.920. The van der Waals surface area contributed by atoms with E-state index in [2.05, 4.69) is 11.6 Å². The normalized spacial score (nSPS) is 18.6. The number of carboxylic acids is 1. The highest BCUT2D eigenvalue weighted by Crippen LogP contribution is 2.37. The van der Waals surface area contributed by atoms with E-state index in [1.807, 2.05) is 0 Å². The average Bonchev–Trinajstić information content (AvgIpc) is 2.96. The van der Waals surface area contributed by atoms with Gasteiger partial charge in [0.05, 0.1) is 0 Å². The van der Waals surface area contributed by atoms with E-state index in [1.54, 1.807) is 0 Å². The van der Waals surface area contributed by atoms with Crippen LogP contribution in [0.1, 0.15) is 42.3 Å². The Labute approximate surface area is 116 Å². The van der Waals surface area contributed by atoms with Crippen molar-refractivity contribution in [2.45, 2.75) is 36.8 Å². The highest BCUT2D eigenvalue weighted by molar-refractivity contribution is 7.91. The molecule has 0 saturated heterocycles. The standard InChI is InChI=1S/C12H17NO4S2/c1-12(6-2-3-7-12)8-13-19(16,17)10-5-4-9(18-10)11(14)15/h4-5,13H,2-3,6-8H2,1H3,(H,14,15). The van der Waals surface area contributed by atoms with E-state index < -0.39 is 16.0 Å². The maximum absolute atomic E-state index is 12.1. The number of hydrogen-bond acceptors (Lipinski definition) is 4. The lowest BCUT2D eigenvalue weighted by molar-refractivity contribution is 0.0702. The van der Waals surface area contributed by atoms with Crippen LogP contribution in [0, 0.1) is 5.41 Å². The van der Waals surface area contributed by atoms with E-state index in [1.165, 1.54) is 12.1 Å². The van der Waals surface area contributed by atoms with Gasteiger partial charge >= 0.3 is 5.97 Å². The summed E-state index contributed by atoms with van der Waals surface area (Å²) < 4.78 is 26.8. The molecule has 0 amide bonds. The molecule has 106 valence electrons. The molecule has 1 saturated carbocycles. The second-order valence-electron chi connectivity index (χ2n) is 5.27. The van der Waals surface area contributed by atoms with E-state index in [0.29, 0.717) is 6.54 Å². The summed E-state index contributed by atoms with van der Waals surface area (Å²) in [7, 11) is -3.59. The third kappa shape index (κ3) is 3.34. The smallest absolute Gasteiger partial charge is 0.345 e. The van der Waals surface area contributed by atoms with Gasteiger partial charge in [0.15, 0.2) is 0 Å². The Kier molecular flexibility index (Phi) is 3.98. The van der Waals surface area contributed by atoms with Gasteiger partial charge in [-0.2, -0.15) is 0 Å². The average molecular weight is 303 g/mol. The van der Waals surface area contributed by atoms with Gasteiger partial charge in [0.2, 0.25) is 10.0 Å². The molecule has 1 fully saturated rings. The Morgan fingerprint density at radius 1 is 1.42 bits per heavy atom. The van der Waals surface area contributed by atoms with Crippen molar-refractivity contribution in [2.24, 2.45) is 5.41 Å². The number of sulfonamides is 1. The molecule has 1 aliphatic carbocycles. The van der Waals surface area contributed by atoms with E-state index in [9.17, 15) is 13.2 Å². The highest BCUT2D eigenvalue weighted by Gasteiger charge is 2.30. The van der Waals surface area contributed by atoms with Crippen LogP contribution in [0.2, 0.25) is 0 Å². The van der Waals surface area contributed by atoms with E-state index >= 15 is 0 Å². The summed E-state index contributed by atoms with van der Waals surface area (Å²) in [6.07, 6.45) is 4.33. The number of rotatable bonds is 5. The van der Waals surface area contributed by atoms with Crippen LogP contribution < -0.4 is 4.72 Å². The molecular weight excluding hydrogens is 286 g/mol. The van der Waals surface area contributed by atoms with Crippen molar-refractivity contribution in [1.82, 2.24) is 4.72 Å². The Morgan fingerprint density at radius 2 is 2.05 bits per heavy atom. The van der Waals surface area contributed by atoms with Crippen LogP contribution in [-0.2, 0) is 10.0 Å². The molecule has 0 aliphatic heterocycles. The Morgan fingerprint density at radius 3 is 2.58 bits per heavy atom. The van der Waals surface area contributed by atoms with Crippen molar-refractivity contribution in [1.29, 1.82) is 0 Å². The first-order valence-corrected chi connectivity index (χ1v) is 8.45. The third-order valence-electron chi connectivity index (χ3n) is 3.56. The van der Waals surface area contributed by atoms with E-state index in [0.717, 1.165) is 37.0 Å². The van der Waals surface area contributed by atoms with Crippen molar-refractivity contribution in [3.63, 3.8) is 0 Å². The molecule has 0 radical (unpaired) electrons. The van der Waals surface area contributed by atoms with Gasteiger partial charge in [-0.15, -0.1) is 11.3 Å². The molecule has 0 bridgehead atoms. The quantitative estimate of drug-likeness (QED) is 0.874. The van der Waals surface area contributed by atoms with Crippen LogP contribution in [0.4, 0.5) is 0 Å². The topological polar surface area (TPSA) is 83.5 Å². The van der Waals surface area contributed by atoms with E-state index in [4.69, 9.17) is 5.11 Å². The molecule has 0 spiro atoms. The van der Waals surface area contributed by atoms with Crippen LogP contribution in [0.25, 0.3) is 0 Å². The van der Waals surface area contributed by atoms with Gasteiger partial charge in [0.25, 0.3) is 0 Å². The molecule has 0 atom stereocenters. The number of aromatic carboxylic acids is 1. The predicted octanol–water partition coefficient (Wildman–Crippen LogP) is 2.30. The molecular formula is C12H17NO4S2. The fourth-order valence-electron chi connectivity index (χ4n) is 2.33. The number of thiophene rings is 1. The molecule has 1 heterocycles.